The van der Waals surface area contributed by atoms with Gasteiger partial charge in [0.05, 0.1) is 12.1 Å². The van der Waals surface area contributed by atoms with E-state index in [0.29, 0.717) is 32.0 Å². The van der Waals surface area contributed by atoms with Crippen LogP contribution in [0.15, 0.2) is 12.3 Å². The van der Waals surface area contributed by atoms with Crippen molar-refractivity contribution >= 4 is 29.2 Å². The minimum atomic E-state index is -4.46. The minimum Gasteiger partial charge on any atom is -0.347 e. The Hall–Kier alpha value is -2.07. The Balaban J connectivity index is 1.85. The lowest BCUT2D eigenvalue weighted by atomic mass is 10.2. The topological polar surface area (TPSA) is 71.2 Å². The van der Waals surface area contributed by atoms with Crippen LogP contribution in [0.2, 0.25) is 5.02 Å². The van der Waals surface area contributed by atoms with Gasteiger partial charge >= 0.3 is 6.18 Å². The molecular formula is C16H23ClF3N5O2+2. The summed E-state index contributed by atoms with van der Waals surface area (Å²) in [7, 11) is 3.23. The number of halogens is 4. The number of quaternary nitrogens is 1. The SMILES string of the molecule is CN(C)C(=O)CNC(=O)C[NH+]1CCN(c2[nH+]cc(C(F)(F)F)cc2Cl)CC1. The molecule has 0 aliphatic carbocycles. The van der Waals surface area contributed by atoms with Crippen molar-refractivity contribution in [2.24, 2.45) is 0 Å². The van der Waals surface area contributed by atoms with Gasteiger partial charge < -0.3 is 15.1 Å². The van der Waals surface area contributed by atoms with Crippen LogP contribution in [0.5, 0.6) is 0 Å². The zero-order chi connectivity index (χ0) is 20.2. The first-order chi connectivity index (χ1) is 12.6. The van der Waals surface area contributed by atoms with E-state index in [-0.39, 0.29) is 29.9 Å². The molecule has 3 N–H and O–H groups in total. The number of pyridine rings is 1. The quantitative estimate of drug-likeness (QED) is 0.661. The van der Waals surface area contributed by atoms with Crippen molar-refractivity contribution in [2.75, 3.05) is 58.3 Å². The van der Waals surface area contributed by atoms with E-state index in [9.17, 15) is 22.8 Å². The monoisotopic (exact) mass is 409 g/mol. The van der Waals surface area contributed by atoms with Crippen LogP contribution in [0.25, 0.3) is 0 Å². The molecule has 0 unspecified atom stereocenters. The molecule has 2 amide bonds. The number of aromatic amines is 1. The zero-order valence-corrected chi connectivity index (χ0v) is 15.9. The van der Waals surface area contributed by atoms with Gasteiger partial charge in [-0.15, -0.1) is 0 Å². The van der Waals surface area contributed by atoms with Gasteiger partial charge in [-0.3, -0.25) is 9.59 Å². The lowest BCUT2D eigenvalue weighted by molar-refractivity contribution is -0.892. The molecular weight excluding hydrogens is 387 g/mol. The van der Waals surface area contributed by atoms with Crippen molar-refractivity contribution in [3.8, 4) is 0 Å². The third-order valence-electron chi connectivity index (χ3n) is 4.33. The molecule has 0 bridgehead atoms. The summed E-state index contributed by atoms with van der Waals surface area (Å²) in [5, 5.41) is 2.59. The predicted molar refractivity (Wildman–Crippen MR) is 92.5 cm³/mol. The number of hydrogen-bond acceptors (Lipinski definition) is 3. The first-order valence-electron chi connectivity index (χ1n) is 8.41. The second-order valence-corrected chi connectivity index (χ2v) is 6.97. The number of H-pyrrole nitrogens is 1. The maximum absolute atomic E-state index is 12.7. The molecule has 0 saturated carbocycles. The Morgan fingerprint density at radius 3 is 2.48 bits per heavy atom. The number of aromatic nitrogens is 1. The Bertz CT molecular complexity index is 691. The van der Waals surface area contributed by atoms with Crippen LogP contribution in [0, 0.1) is 0 Å². The molecule has 1 fully saturated rings. The number of nitrogens with zero attached hydrogens (tertiary/aromatic N) is 2. The van der Waals surface area contributed by atoms with Gasteiger partial charge in [0.15, 0.2) is 6.54 Å². The van der Waals surface area contributed by atoms with E-state index in [1.807, 2.05) is 4.90 Å². The van der Waals surface area contributed by atoms with E-state index in [1.54, 1.807) is 14.1 Å². The number of piperazine rings is 1. The van der Waals surface area contributed by atoms with E-state index in [1.165, 1.54) is 4.90 Å². The summed E-state index contributed by atoms with van der Waals surface area (Å²) in [5.41, 5.74) is -0.829. The van der Waals surface area contributed by atoms with Gasteiger partial charge in [-0.25, -0.2) is 9.88 Å². The second kappa shape index (κ2) is 8.75. The average molecular weight is 410 g/mol. The van der Waals surface area contributed by atoms with E-state index in [0.717, 1.165) is 17.2 Å². The highest BCUT2D eigenvalue weighted by Crippen LogP contribution is 2.31. The molecule has 7 nitrogen and oxygen atoms in total. The highest BCUT2D eigenvalue weighted by Gasteiger charge is 2.35. The van der Waals surface area contributed by atoms with Gasteiger partial charge in [-0.05, 0) is 6.07 Å². The number of rotatable bonds is 5. The molecule has 0 radical (unpaired) electrons. The summed E-state index contributed by atoms with van der Waals surface area (Å²) in [5.74, 6) is 0.0353. The summed E-state index contributed by atoms with van der Waals surface area (Å²) < 4.78 is 38.1. The smallest absolute Gasteiger partial charge is 0.347 e. The summed E-state index contributed by atoms with van der Waals surface area (Å²) in [6, 6.07) is 0.905. The number of carbonyl (C=O) groups excluding carboxylic acids is 2. The molecule has 0 spiro atoms. The van der Waals surface area contributed by atoms with Gasteiger partial charge in [0.1, 0.15) is 37.4 Å². The highest BCUT2D eigenvalue weighted by molar-refractivity contribution is 6.32. The first-order valence-corrected chi connectivity index (χ1v) is 8.79. The fraction of sp³-hybridized carbons (Fsp3) is 0.562. The van der Waals surface area contributed by atoms with Gasteiger partial charge in [0.25, 0.3) is 11.7 Å². The molecule has 150 valence electrons. The summed E-state index contributed by atoms with van der Waals surface area (Å²) in [6.07, 6.45) is -3.56. The highest BCUT2D eigenvalue weighted by atomic mass is 35.5. The molecule has 1 aliphatic rings. The fourth-order valence-corrected chi connectivity index (χ4v) is 3.00. The van der Waals surface area contributed by atoms with Gasteiger partial charge in [-0.1, -0.05) is 11.6 Å². The largest absolute Gasteiger partial charge is 0.419 e. The van der Waals surface area contributed by atoms with Crippen molar-refractivity contribution < 1.29 is 32.6 Å². The summed E-state index contributed by atoms with van der Waals surface area (Å²) >= 11 is 6.01. The van der Waals surface area contributed by atoms with E-state index >= 15 is 0 Å². The maximum Gasteiger partial charge on any atom is 0.419 e. The molecule has 2 heterocycles. The van der Waals surface area contributed by atoms with Crippen molar-refractivity contribution in [3.63, 3.8) is 0 Å². The molecule has 0 atom stereocenters. The van der Waals surface area contributed by atoms with Crippen LogP contribution in [-0.2, 0) is 15.8 Å². The fourth-order valence-electron chi connectivity index (χ4n) is 2.71. The number of nitrogens with one attached hydrogen (secondary N) is 3. The van der Waals surface area contributed by atoms with E-state index in [2.05, 4.69) is 10.3 Å². The number of amides is 2. The lowest BCUT2D eigenvalue weighted by Gasteiger charge is -2.28. The second-order valence-electron chi connectivity index (χ2n) is 6.56. The zero-order valence-electron chi connectivity index (χ0n) is 15.1. The number of carbonyl (C=O) groups is 2. The van der Waals surface area contributed by atoms with Crippen LogP contribution < -0.4 is 20.1 Å². The van der Waals surface area contributed by atoms with E-state index < -0.39 is 11.7 Å². The third kappa shape index (κ3) is 5.96. The predicted octanol–water partition coefficient (Wildman–Crippen LogP) is -0.918. The van der Waals surface area contributed by atoms with Crippen LogP contribution in [0.4, 0.5) is 19.0 Å². The molecule has 0 aromatic carbocycles. The average Bonchev–Trinajstić information content (AvgIpc) is 2.59. The van der Waals surface area contributed by atoms with Crippen molar-refractivity contribution in [3.05, 3.63) is 22.8 Å². The number of anilines is 1. The van der Waals surface area contributed by atoms with Crippen molar-refractivity contribution in [2.45, 2.75) is 6.18 Å². The van der Waals surface area contributed by atoms with Crippen molar-refractivity contribution in [1.82, 2.24) is 10.2 Å². The Labute approximate surface area is 160 Å². The first kappa shape index (κ1) is 21.2. The Kier molecular flexibility index (Phi) is 6.88. The van der Waals surface area contributed by atoms with Gasteiger partial charge in [0.2, 0.25) is 5.91 Å². The minimum absolute atomic E-state index is 0.00761. The van der Waals surface area contributed by atoms with Crippen molar-refractivity contribution in [1.29, 1.82) is 0 Å². The number of hydrogen-bond donors (Lipinski definition) is 2. The van der Waals surface area contributed by atoms with Crippen LogP contribution in [-0.4, -0.2) is 70.1 Å². The van der Waals surface area contributed by atoms with E-state index in [4.69, 9.17) is 11.6 Å². The van der Waals surface area contributed by atoms with Crippen LogP contribution in [0.1, 0.15) is 5.56 Å². The van der Waals surface area contributed by atoms with Crippen LogP contribution in [0.3, 0.4) is 0 Å². The number of likely N-dealkylation sites (N-methyl/N-ethyl adjacent to an activating group) is 1. The molecule has 2 rings (SSSR count). The Morgan fingerprint density at radius 2 is 1.96 bits per heavy atom. The molecule has 1 saturated heterocycles. The standard InChI is InChI=1S/C16H21ClF3N5O2/c1-23(2)14(27)9-21-13(26)10-24-3-5-25(6-4-24)15-12(17)7-11(8-22-15)16(18,19)20/h7-8H,3-6,9-10H2,1-2H3,(H,21,26)/p+2. The molecule has 1 aromatic heterocycles. The molecule has 1 aliphatic heterocycles. The van der Waals surface area contributed by atoms with Gasteiger partial charge in [-0.2, -0.15) is 13.2 Å². The van der Waals surface area contributed by atoms with Gasteiger partial charge in [0, 0.05) is 14.1 Å². The molecule has 27 heavy (non-hydrogen) atoms. The Morgan fingerprint density at radius 1 is 1.33 bits per heavy atom. The number of alkyl halides is 3. The molecule has 1 aromatic rings. The summed E-state index contributed by atoms with van der Waals surface area (Å²) in [6.45, 7) is 2.53. The summed E-state index contributed by atoms with van der Waals surface area (Å²) in [4.78, 5) is 30.3. The normalized spacial score (nSPS) is 15.6. The third-order valence-corrected chi connectivity index (χ3v) is 4.62. The van der Waals surface area contributed by atoms with Crippen LogP contribution >= 0.6 is 11.6 Å². The lowest BCUT2D eigenvalue weighted by Crippen LogP contribution is -3.16. The maximum atomic E-state index is 12.7. The molecule has 11 heteroatoms.